The summed E-state index contributed by atoms with van der Waals surface area (Å²) < 4.78 is 20.4. The summed E-state index contributed by atoms with van der Waals surface area (Å²) in [6.45, 7) is 5.33. The van der Waals surface area contributed by atoms with Gasteiger partial charge in [-0.05, 0) is 77.7 Å². The molecule has 0 spiro atoms. The summed E-state index contributed by atoms with van der Waals surface area (Å²) in [6, 6.07) is 30.0. The second kappa shape index (κ2) is 25.5. The van der Waals surface area contributed by atoms with Crippen molar-refractivity contribution in [1.29, 1.82) is 0 Å². The molecular formula is C48H58N4O11. The van der Waals surface area contributed by atoms with Gasteiger partial charge in [-0.25, -0.2) is 9.59 Å². The molecule has 0 saturated carbocycles. The first-order valence-corrected chi connectivity index (χ1v) is 20.8. The Morgan fingerprint density at radius 2 is 0.952 bits per heavy atom. The highest BCUT2D eigenvalue weighted by atomic mass is 16.6. The number of ketones is 2. The average Bonchev–Trinajstić information content (AvgIpc) is 3.77. The number of hydrogen-bond donors (Lipinski definition) is 5. The molecule has 0 bridgehead atoms. The maximum atomic E-state index is 12.4. The molecule has 336 valence electrons. The van der Waals surface area contributed by atoms with Crippen LogP contribution in [0, 0.1) is 0 Å². The van der Waals surface area contributed by atoms with Crippen LogP contribution in [0.15, 0.2) is 97.1 Å². The van der Waals surface area contributed by atoms with Crippen LogP contribution in [0.2, 0.25) is 0 Å². The number of fused-ring (bicyclic) bond motifs is 6. The van der Waals surface area contributed by atoms with Gasteiger partial charge in [0, 0.05) is 45.8 Å². The van der Waals surface area contributed by atoms with E-state index in [1.165, 1.54) is 13.8 Å². The third-order valence-electron chi connectivity index (χ3n) is 10.4. The Bertz CT molecular complexity index is 2080. The maximum absolute atomic E-state index is 12.4. The van der Waals surface area contributed by atoms with Crippen molar-refractivity contribution >= 4 is 35.6 Å². The molecule has 6 rings (SSSR count). The maximum Gasteiger partial charge on any atom is 0.407 e. The molecule has 2 atom stereocenters. The first-order valence-electron chi connectivity index (χ1n) is 20.8. The van der Waals surface area contributed by atoms with Crippen LogP contribution in [0.3, 0.4) is 0 Å². The summed E-state index contributed by atoms with van der Waals surface area (Å²) in [6.07, 6.45) is -0.474. The van der Waals surface area contributed by atoms with E-state index in [4.69, 9.17) is 29.8 Å². The number of alkyl carbamates (subject to hydrolysis) is 2. The van der Waals surface area contributed by atoms with Gasteiger partial charge < -0.3 is 45.7 Å². The van der Waals surface area contributed by atoms with E-state index in [-0.39, 0.29) is 43.2 Å². The fourth-order valence-electron chi connectivity index (χ4n) is 7.26. The molecule has 3 amide bonds. The van der Waals surface area contributed by atoms with Crippen molar-refractivity contribution in [1.82, 2.24) is 16.0 Å². The molecule has 15 nitrogen and oxygen atoms in total. The molecule has 2 unspecified atom stereocenters. The van der Waals surface area contributed by atoms with Gasteiger partial charge in [-0.3, -0.25) is 19.2 Å². The number of carboxylic acids is 1. The molecule has 6 N–H and O–H groups in total. The van der Waals surface area contributed by atoms with E-state index in [9.17, 15) is 28.8 Å². The van der Waals surface area contributed by atoms with E-state index < -0.39 is 42.4 Å². The van der Waals surface area contributed by atoms with Crippen LogP contribution in [0.5, 0.6) is 0 Å². The SMILES string of the molecule is CC(=O)C(CC(=O)O)NC(=O)OCC1c2ccccc2-c2ccccc21.COCCCN.COCCCNC(=O)CC(NC(=O)OCC1c2ccccc2-c2ccccc21)C(C)=O. The Morgan fingerprint density at radius 1 is 0.587 bits per heavy atom. The smallest absolute Gasteiger partial charge is 0.407 e. The van der Waals surface area contributed by atoms with Crippen LogP contribution in [0.4, 0.5) is 9.59 Å². The van der Waals surface area contributed by atoms with Gasteiger partial charge in [-0.15, -0.1) is 0 Å². The van der Waals surface area contributed by atoms with Gasteiger partial charge in [-0.2, -0.15) is 0 Å². The van der Waals surface area contributed by atoms with Gasteiger partial charge >= 0.3 is 18.2 Å². The van der Waals surface area contributed by atoms with E-state index in [2.05, 4.69) is 28.1 Å². The minimum atomic E-state index is -1.16. The molecule has 0 aliphatic heterocycles. The van der Waals surface area contributed by atoms with Crippen LogP contribution < -0.4 is 21.7 Å². The van der Waals surface area contributed by atoms with Crippen molar-refractivity contribution in [2.24, 2.45) is 5.73 Å². The molecule has 63 heavy (non-hydrogen) atoms. The Balaban J connectivity index is 0.000000248. The lowest BCUT2D eigenvalue weighted by Gasteiger charge is -2.18. The molecule has 2 aliphatic rings. The average molecular weight is 867 g/mol. The second-order valence-electron chi connectivity index (χ2n) is 14.9. The Hall–Kier alpha value is -6.42. The summed E-state index contributed by atoms with van der Waals surface area (Å²) in [7, 11) is 3.27. The van der Waals surface area contributed by atoms with Crippen LogP contribution in [0.25, 0.3) is 22.3 Å². The quantitative estimate of drug-likeness (QED) is 0.0689. The number of nitrogens with two attached hydrogens (primary N) is 1. The second-order valence-corrected chi connectivity index (χ2v) is 14.9. The lowest BCUT2D eigenvalue weighted by molar-refractivity contribution is -0.139. The molecule has 0 saturated heterocycles. The monoisotopic (exact) mass is 866 g/mol. The number of carbonyl (C=O) groups is 6. The van der Waals surface area contributed by atoms with E-state index >= 15 is 0 Å². The number of carboxylic acid groups (broad SMARTS) is 1. The fraction of sp³-hybridized carbons (Fsp3) is 0.375. The Kier molecular flexibility index (Phi) is 19.9. The number of ether oxygens (including phenoxy) is 4. The third-order valence-corrected chi connectivity index (χ3v) is 10.4. The summed E-state index contributed by atoms with van der Waals surface area (Å²) >= 11 is 0. The summed E-state index contributed by atoms with van der Waals surface area (Å²) in [5, 5.41) is 16.4. The van der Waals surface area contributed by atoms with Crippen molar-refractivity contribution in [2.45, 2.75) is 63.5 Å². The van der Waals surface area contributed by atoms with E-state index in [1.807, 2.05) is 84.9 Å². The molecule has 2 aliphatic carbocycles. The van der Waals surface area contributed by atoms with Gasteiger partial charge in [0.1, 0.15) is 19.3 Å². The number of methoxy groups -OCH3 is 2. The van der Waals surface area contributed by atoms with Gasteiger partial charge in [0.2, 0.25) is 5.91 Å². The third kappa shape index (κ3) is 14.6. The van der Waals surface area contributed by atoms with Gasteiger partial charge in [0.05, 0.1) is 18.9 Å². The van der Waals surface area contributed by atoms with Crippen LogP contribution in [0.1, 0.15) is 73.6 Å². The van der Waals surface area contributed by atoms with Gasteiger partial charge in [0.15, 0.2) is 11.6 Å². The predicted molar refractivity (Wildman–Crippen MR) is 237 cm³/mol. The first-order chi connectivity index (χ1) is 30.4. The van der Waals surface area contributed by atoms with Crippen LogP contribution in [-0.4, -0.2) is 107 Å². The topological polar surface area (TPSA) is 222 Å². The zero-order valence-corrected chi connectivity index (χ0v) is 36.2. The van der Waals surface area contributed by atoms with Crippen molar-refractivity contribution in [2.75, 3.05) is 53.7 Å². The summed E-state index contributed by atoms with van der Waals surface area (Å²) in [5.74, 6) is -2.37. The predicted octanol–water partition coefficient (Wildman–Crippen LogP) is 5.96. The Labute approximate surface area is 368 Å². The molecule has 0 fully saturated rings. The zero-order chi connectivity index (χ0) is 45.7. The molecule has 0 aromatic heterocycles. The number of nitrogens with one attached hydrogen (secondary N) is 3. The number of aliphatic carboxylic acids is 1. The van der Waals surface area contributed by atoms with Crippen molar-refractivity contribution in [3.8, 4) is 22.3 Å². The van der Waals surface area contributed by atoms with Crippen molar-refractivity contribution in [3.05, 3.63) is 119 Å². The number of carbonyl (C=O) groups excluding carboxylic acids is 5. The largest absolute Gasteiger partial charge is 0.481 e. The Morgan fingerprint density at radius 3 is 1.29 bits per heavy atom. The minimum absolute atomic E-state index is 0.0713. The molecule has 4 aromatic carbocycles. The highest BCUT2D eigenvalue weighted by Gasteiger charge is 2.31. The highest BCUT2D eigenvalue weighted by Crippen LogP contribution is 2.45. The molecule has 4 aromatic rings. The fourth-order valence-corrected chi connectivity index (χ4v) is 7.26. The van der Waals surface area contributed by atoms with E-state index in [1.54, 1.807) is 14.2 Å². The minimum Gasteiger partial charge on any atom is -0.481 e. The normalized spacial score (nSPS) is 12.8. The summed E-state index contributed by atoms with van der Waals surface area (Å²) in [4.78, 5) is 70.6. The first kappa shape index (κ1) is 49.2. The summed E-state index contributed by atoms with van der Waals surface area (Å²) in [5.41, 5.74) is 14.0. The van der Waals surface area contributed by atoms with Gasteiger partial charge in [0.25, 0.3) is 0 Å². The lowest BCUT2D eigenvalue weighted by atomic mass is 9.98. The number of amides is 3. The van der Waals surface area contributed by atoms with Crippen LogP contribution >= 0.6 is 0 Å². The van der Waals surface area contributed by atoms with Crippen molar-refractivity contribution in [3.63, 3.8) is 0 Å². The van der Waals surface area contributed by atoms with Crippen LogP contribution in [-0.2, 0) is 38.1 Å². The number of Topliss-reactive ketones (excluding diaryl/α,β-unsaturated/α-hetero) is 2. The molecule has 0 heterocycles. The zero-order valence-electron chi connectivity index (χ0n) is 36.2. The van der Waals surface area contributed by atoms with E-state index in [0.717, 1.165) is 64.1 Å². The number of benzene rings is 4. The standard InChI is InChI=1S/C24H28N2O5.C20H19NO5.C4H11NO/c1-16(27)22(14-23(28)25-12-7-13-30-2)26-24(29)31-15-21-19-10-5-3-8-17(19)18-9-4-6-11-20(18)21;1-12(22)18(10-19(23)24)21-20(25)26-11-17-15-8-4-2-6-13(15)14-7-3-5-9-16(14)17;1-6-4-2-3-5/h3-6,8-11,21-22H,7,12-15H2,1-2H3,(H,25,28)(H,26,29);2-9,17-18H,10-11H2,1H3,(H,21,25)(H,23,24);2-5H2,1H3. The molecule has 0 radical (unpaired) electrons. The van der Waals surface area contributed by atoms with Crippen molar-refractivity contribution < 1.29 is 52.8 Å². The van der Waals surface area contributed by atoms with Gasteiger partial charge in [-0.1, -0.05) is 97.1 Å². The van der Waals surface area contributed by atoms with E-state index in [0.29, 0.717) is 19.6 Å². The lowest BCUT2D eigenvalue weighted by Crippen LogP contribution is -2.44. The molecule has 15 heteroatoms. The molecular weight excluding hydrogens is 809 g/mol. The highest BCUT2D eigenvalue weighted by molar-refractivity contribution is 5.91. The number of rotatable bonds is 19. The number of hydrogen-bond acceptors (Lipinski definition) is 11.